The molecule has 20 heavy (non-hydrogen) atoms. The van der Waals surface area contributed by atoms with Gasteiger partial charge in [0.25, 0.3) is 0 Å². The molecule has 2 heteroatoms. The quantitative estimate of drug-likeness (QED) is 0.872. The molecule has 2 aromatic rings. The lowest BCUT2D eigenvalue weighted by Gasteiger charge is -2.13. The first-order valence-electron chi connectivity index (χ1n) is 7.13. The highest BCUT2D eigenvalue weighted by Crippen LogP contribution is 2.16. The van der Waals surface area contributed by atoms with E-state index in [4.69, 9.17) is 5.73 Å². The molecule has 0 spiro atoms. The van der Waals surface area contributed by atoms with E-state index in [1.807, 2.05) is 6.07 Å². The fourth-order valence-electron chi connectivity index (χ4n) is 2.38. The molecule has 0 aliphatic heterocycles. The summed E-state index contributed by atoms with van der Waals surface area (Å²) in [6, 6.07) is 15.3. The number of rotatable bonds is 5. The molecule has 2 aromatic carbocycles. The Hall–Kier alpha value is -1.67. The second-order valence-electron chi connectivity index (χ2n) is 5.69. The van der Waals surface area contributed by atoms with Gasteiger partial charge in [-0.3, -0.25) is 0 Å². The van der Waals surface area contributed by atoms with Crippen LogP contribution in [0.1, 0.15) is 36.5 Å². The third-order valence-electron chi connectivity index (χ3n) is 3.53. The second kappa shape index (κ2) is 6.67. The Kier molecular flexibility index (Phi) is 4.91. The first kappa shape index (κ1) is 14.7. The van der Waals surface area contributed by atoms with Crippen LogP contribution >= 0.6 is 0 Å². The summed E-state index contributed by atoms with van der Waals surface area (Å²) in [5, 5.41) is 0. The van der Waals surface area contributed by atoms with Gasteiger partial charge in [-0.1, -0.05) is 50.2 Å². The van der Waals surface area contributed by atoms with Crippen molar-refractivity contribution in [3.05, 3.63) is 71.0 Å². The van der Waals surface area contributed by atoms with E-state index in [1.165, 1.54) is 17.2 Å². The van der Waals surface area contributed by atoms with E-state index in [0.717, 1.165) is 12.0 Å². The zero-order valence-electron chi connectivity index (χ0n) is 12.1. The van der Waals surface area contributed by atoms with Crippen molar-refractivity contribution in [2.24, 2.45) is 5.73 Å². The molecule has 0 radical (unpaired) electrons. The van der Waals surface area contributed by atoms with Crippen molar-refractivity contribution < 1.29 is 4.39 Å². The summed E-state index contributed by atoms with van der Waals surface area (Å²) in [6.45, 7) is 4.37. The van der Waals surface area contributed by atoms with Crippen LogP contribution in [-0.2, 0) is 12.8 Å². The van der Waals surface area contributed by atoms with Crippen molar-refractivity contribution >= 4 is 0 Å². The highest BCUT2D eigenvalue weighted by Gasteiger charge is 2.07. The van der Waals surface area contributed by atoms with Crippen LogP contribution in [0.4, 0.5) is 4.39 Å². The predicted molar refractivity (Wildman–Crippen MR) is 82.3 cm³/mol. The molecule has 0 saturated heterocycles. The third kappa shape index (κ3) is 4.17. The Morgan fingerprint density at radius 1 is 0.950 bits per heavy atom. The lowest BCUT2D eigenvalue weighted by atomic mass is 9.97. The Morgan fingerprint density at radius 3 is 2.20 bits per heavy atom. The fraction of sp³-hybridized carbons (Fsp3) is 0.333. The molecule has 2 N–H and O–H groups in total. The normalized spacial score (nSPS) is 12.7. The van der Waals surface area contributed by atoms with Crippen LogP contribution in [0.2, 0.25) is 0 Å². The van der Waals surface area contributed by atoms with Gasteiger partial charge in [0.2, 0.25) is 0 Å². The molecule has 106 valence electrons. The average Bonchev–Trinajstić information content (AvgIpc) is 2.39. The molecule has 2 rings (SSSR count). The molecule has 0 heterocycles. The summed E-state index contributed by atoms with van der Waals surface area (Å²) in [6.07, 6.45) is 1.51. The number of hydrogen-bond acceptors (Lipinski definition) is 1. The fourth-order valence-corrected chi connectivity index (χ4v) is 2.38. The van der Waals surface area contributed by atoms with Crippen molar-refractivity contribution in [2.75, 3.05) is 0 Å². The van der Waals surface area contributed by atoms with Gasteiger partial charge in [-0.2, -0.15) is 0 Å². The first-order valence-corrected chi connectivity index (χ1v) is 7.13. The maximum atomic E-state index is 13.1. The van der Waals surface area contributed by atoms with Crippen LogP contribution in [0, 0.1) is 5.82 Å². The van der Waals surface area contributed by atoms with Crippen molar-refractivity contribution in [3.8, 4) is 0 Å². The van der Waals surface area contributed by atoms with E-state index >= 15 is 0 Å². The van der Waals surface area contributed by atoms with Crippen LogP contribution in [0.3, 0.4) is 0 Å². The molecule has 1 atom stereocenters. The van der Waals surface area contributed by atoms with Gasteiger partial charge in [-0.25, -0.2) is 4.39 Å². The van der Waals surface area contributed by atoms with Gasteiger partial charge in [0.05, 0.1) is 0 Å². The summed E-state index contributed by atoms with van der Waals surface area (Å²) in [7, 11) is 0. The molecule has 0 bridgehead atoms. The zero-order valence-corrected chi connectivity index (χ0v) is 12.1. The lowest BCUT2D eigenvalue weighted by molar-refractivity contribution is 0.618. The maximum Gasteiger partial charge on any atom is 0.123 e. The maximum absolute atomic E-state index is 13.1. The van der Waals surface area contributed by atoms with Gasteiger partial charge < -0.3 is 5.73 Å². The van der Waals surface area contributed by atoms with Gasteiger partial charge >= 0.3 is 0 Å². The SMILES string of the molecule is CC(C)c1ccc(CC(N)Cc2cccc(F)c2)cc1. The minimum atomic E-state index is -0.198. The number of halogens is 1. The minimum absolute atomic E-state index is 0.0155. The smallest absolute Gasteiger partial charge is 0.123 e. The Labute approximate surface area is 120 Å². The topological polar surface area (TPSA) is 26.0 Å². The van der Waals surface area contributed by atoms with Crippen LogP contribution in [0.15, 0.2) is 48.5 Å². The molecular formula is C18H22FN. The Bertz CT molecular complexity index is 546. The third-order valence-corrected chi connectivity index (χ3v) is 3.53. The lowest BCUT2D eigenvalue weighted by Crippen LogP contribution is -2.25. The van der Waals surface area contributed by atoms with E-state index in [9.17, 15) is 4.39 Å². The van der Waals surface area contributed by atoms with Gasteiger partial charge in [0.15, 0.2) is 0 Å². The van der Waals surface area contributed by atoms with Crippen molar-refractivity contribution in [1.82, 2.24) is 0 Å². The van der Waals surface area contributed by atoms with Gasteiger partial charge in [-0.05, 0) is 47.6 Å². The second-order valence-corrected chi connectivity index (χ2v) is 5.69. The summed E-state index contributed by atoms with van der Waals surface area (Å²) < 4.78 is 13.1. The Morgan fingerprint density at radius 2 is 1.60 bits per heavy atom. The highest BCUT2D eigenvalue weighted by atomic mass is 19.1. The minimum Gasteiger partial charge on any atom is -0.327 e. The molecule has 1 unspecified atom stereocenters. The standard InChI is InChI=1S/C18H22FN/c1-13(2)16-8-6-14(7-9-16)11-18(20)12-15-4-3-5-17(19)10-15/h3-10,13,18H,11-12,20H2,1-2H3. The number of nitrogens with two attached hydrogens (primary N) is 1. The summed E-state index contributed by atoms with van der Waals surface area (Å²) in [5.74, 6) is 0.348. The largest absolute Gasteiger partial charge is 0.327 e. The highest BCUT2D eigenvalue weighted by molar-refractivity contribution is 5.26. The summed E-state index contributed by atoms with van der Waals surface area (Å²) in [5.41, 5.74) is 9.69. The number of benzene rings is 2. The molecule has 0 fully saturated rings. The van der Waals surface area contributed by atoms with E-state index < -0.39 is 0 Å². The van der Waals surface area contributed by atoms with E-state index in [0.29, 0.717) is 12.3 Å². The van der Waals surface area contributed by atoms with Gasteiger partial charge in [0, 0.05) is 6.04 Å². The molecule has 1 nitrogen and oxygen atoms in total. The van der Waals surface area contributed by atoms with Crippen LogP contribution in [0.5, 0.6) is 0 Å². The molecule has 0 aromatic heterocycles. The average molecular weight is 271 g/mol. The van der Waals surface area contributed by atoms with Crippen LogP contribution < -0.4 is 5.73 Å². The first-order chi connectivity index (χ1) is 9.54. The van der Waals surface area contributed by atoms with Crippen molar-refractivity contribution in [1.29, 1.82) is 0 Å². The van der Waals surface area contributed by atoms with Crippen molar-refractivity contribution in [2.45, 2.75) is 38.6 Å². The monoisotopic (exact) mass is 271 g/mol. The zero-order chi connectivity index (χ0) is 14.5. The predicted octanol–water partition coefficient (Wildman–Crippen LogP) is 4.06. The Balaban J connectivity index is 1.95. The molecule has 0 saturated carbocycles. The molecule has 0 amide bonds. The van der Waals surface area contributed by atoms with Crippen LogP contribution in [0.25, 0.3) is 0 Å². The molecular weight excluding hydrogens is 249 g/mol. The van der Waals surface area contributed by atoms with E-state index in [-0.39, 0.29) is 11.9 Å². The molecule has 0 aliphatic rings. The van der Waals surface area contributed by atoms with E-state index in [1.54, 1.807) is 12.1 Å². The van der Waals surface area contributed by atoms with Gasteiger partial charge in [-0.15, -0.1) is 0 Å². The van der Waals surface area contributed by atoms with Crippen LogP contribution in [-0.4, -0.2) is 6.04 Å². The van der Waals surface area contributed by atoms with E-state index in [2.05, 4.69) is 38.1 Å². The van der Waals surface area contributed by atoms with Gasteiger partial charge in [0.1, 0.15) is 5.82 Å². The number of hydrogen-bond donors (Lipinski definition) is 1. The summed E-state index contributed by atoms with van der Waals surface area (Å²) in [4.78, 5) is 0. The van der Waals surface area contributed by atoms with Crippen molar-refractivity contribution in [3.63, 3.8) is 0 Å². The molecule has 0 aliphatic carbocycles. The summed E-state index contributed by atoms with van der Waals surface area (Å²) >= 11 is 0.